The highest BCUT2D eigenvalue weighted by atomic mass is 32.1. The number of thiophene rings is 1. The van der Waals surface area contributed by atoms with Gasteiger partial charge in [-0.3, -0.25) is 4.90 Å². The molecular formula is C17H22N2OS. The predicted octanol–water partition coefficient (Wildman–Crippen LogP) is 3.25. The van der Waals surface area contributed by atoms with Crippen molar-refractivity contribution in [2.75, 3.05) is 13.2 Å². The third-order valence-corrected chi connectivity index (χ3v) is 4.57. The lowest BCUT2D eigenvalue weighted by molar-refractivity contribution is 0.195. The Kier molecular flexibility index (Phi) is 4.91. The molecule has 1 aliphatic rings. The van der Waals surface area contributed by atoms with E-state index in [0.29, 0.717) is 6.54 Å². The van der Waals surface area contributed by atoms with Crippen molar-refractivity contribution >= 4 is 11.3 Å². The van der Waals surface area contributed by atoms with Gasteiger partial charge in [0.15, 0.2) is 0 Å². The molecule has 0 unspecified atom stereocenters. The quantitative estimate of drug-likeness (QED) is 0.813. The Morgan fingerprint density at radius 1 is 1.14 bits per heavy atom. The first-order chi connectivity index (χ1) is 10.3. The number of hydrogen-bond donors (Lipinski definition) is 1. The van der Waals surface area contributed by atoms with Crippen molar-refractivity contribution in [2.45, 2.75) is 32.0 Å². The Morgan fingerprint density at radius 3 is 2.57 bits per heavy atom. The minimum absolute atomic E-state index is 0.580. The molecule has 1 fully saturated rings. The second-order valence-corrected chi connectivity index (χ2v) is 6.31. The molecule has 21 heavy (non-hydrogen) atoms. The van der Waals surface area contributed by atoms with E-state index in [1.54, 1.807) is 11.3 Å². The van der Waals surface area contributed by atoms with E-state index in [2.05, 4.69) is 21.7 Å². The highest BCUT2D eigenvalue weighted by molar-refractivity contribution is 7.07. The Balaban J connectivity index is 1.47. The van der Waals surface area contributed by atoms with Crippen LogP contribution in [0.25, 0.3) is 0 Å². The van der Waals surface area contributed by atoms with Gasteiger partial charge in [0.05, 0.1) is 0 Å². The van der Waals surface area contributed by atoms with E-state index in [1.807, 2.05) is 24.3 Å². The number of nitrogens with zero attached hydrogens (tertiary/aromatic N) is 1. The molecule has 112 valence electrons. The summed E-state index contributed by atoms with van der Waals surface area (Å²) in [5.41, 5.74) is 8.15. The predicted molar refractivity (Wildman–Crippen MR) is 87.6 cm³/mol. The largest absolute Gasteiger partial charge is 0.492 e. The summed E-state index contributed by atoms with van der Waals surface area (Å²) in [6.07, 6.45) is 2.66. The molecule has 1 aromatic heterocycles. The van der Waals surface area contributed by atoms with Crippen LogP contribution in [-0.4, -0.2) is 24.1 Å². The molecule has 4 heteroatoms. The van der Waals surface area contributed by atoms with E-state index < -0.39 is 0 Å². The second-order valence-electron chi connectivity index (χ2n) is 5.53. The van der Waals surface area contributed by atoms with Crippen LogP contribution in [0.4, 0.5) is 0 Å². The fourth-order valence-electron chi connectivity index (χ4n) is 2.45. The first kappa shape index (κ1) is 14.6. The summed E-state index contributed by atoms with van der Waals surface area (Å²) >= 11 is 1.77. The zero-order chi connectivity index (χ0) is 14.5. The van der Waals surface area contributed by atoms with Gasteiger partial charge in [-0.2, -0.15) is 11.3 Å². The van der Waals surface area contributed by atoms with Crippen LogP contribution in [0.1, 0.15) is 24.0 Å². The minimum Gasteiger partial charge on any atom is -0.492 e. The Bertz CT molecular complexity index is 534. The van der Waals surface area contributed by atoms with Crippen LogP contribution in [0, 0.1) is 0 Å². The molecular weight excluding hydrogens is 280 g/mol. The minimum atomic E-state index is 0.580. The van der Waals surface area contributed by atoms with Crippen molar-refractivity contribution < 1.29 is 4.74 Å². The fraction of sp³-hybridized carbons (Fsp3) is 0.412. The van der Waals surface area contributed by atoms with Gasteiger partial charge < -0.3 is 10.5 Å². The van der Waals surface area contributed by atoms with Crippen LogP contribution in [0.2, 0.25) is 0 Å². The zero-order valence-electron chi connectivity index (χ0n) is 12.2. The highest BCUT2D eigenvalue weighted by Crippen LogP contribution is 2.28. The lowest BCUT2D eigenvalue weighted by Gasteiger charge is -2.21. The van der Waals surface area contributed by atoms with Gasteiger partial charge in [0, 0.05) is 25.7 Å². The average Bonchev–Trinajstić information content (AvgIpc) is 3.24. The lowest BCUT2D eigenvalue weighted by atomic mass is 10.2. The fourth-order valence-corrected chi connectivity index (χ4v) is 3.11. The van der Waals surface area contributed by atoms with Gasteiger partial charge in [-0.1, -0.05) is 12.1 Å². The van der Waals surface area contributed by atoms with E-state index in [-0.39, 0.29) is 0 Å². The molecule has 3 rings (SSSR count). The molecule has 0 bridgehead atoms. The van der Waals surface area contributed by atoms with Crippen LogP contribution in [0.5, 0.6) is 5.75 Å². The molecule has 1 saturated carbocycles. The van der Waals surface area contributed by atoms with Crippen molar-refractivity contribution in [2.24, 2.45) is 5.73 Å². The molecule has 1 aromatic carbocycles. The van der Waals surface area contributed by atoms with E-state index in [0.717, 1.165) is 37.1 Å². The lowest BCUT2D eigenvalue weighted by Crippen LogP contribution is -2.30. The first-order valence-corrected chi connectivity index (χ1v) is 8.46. The van der Waals surface area contributed by atoms with Gasteiger partial charge in [0.25, 0.3) is 0 Å². The number of hydrogen-bond acceptors (Lipinski definition) is 4. The standard InChI is InChI=1S/C17H22N2OS/c18-11-14-1-5-17(6-2-14)20-9-8-19(16-3-4-16)12-15-7-10-21-13-15/h1-2,5-7,10,13,16H,3-4,8-9,11-12,18H2. The first-order valence-electron chi connectivity index (χ1n) is 7.52. The van der Waals surface area contributed by atoms with E-state index in [9.17, 15) is 0 Å². The maximum atomic E-state index is 5.85. The Labute approximate surface area is 130 Å². The SMILES string of the molecule is NCc1ccc(OCCN(Cc2ccsc2)C2CC2)cc1. The third-order valence-electron chi connectivity index (χ3n) is 3.84. The molecule has 1 heterocycles. The van der Waals surface area contributed by atoms with Crippen LogP contribution >= 0.6 is 11.3 Å². The summed E-state index contributed by atoms with van der Waals surface area (Å²) < 4.78 is 5.85. The molecule has 0 amide bonds. The summed E-state index contributed by atoms with van der Waals surface area (Å²) in [5, 5.41) is 4.39. The summed E-state index contributed by atoms with van der Waals surface area (Å²) in [5.74, 6) is 0.929. The van der Waals surface area contributed by atoms with E-state index >= 15 is 0 Å². The summed E-state index contributed by atoms with van der Waals surface area (Å²) in [7, 11) is 0. The number of benzene rings is 1. The second kappa shape index (κ2) is 7.07. The molecule has 1 aliphatic carbocycles. The molecule has 0 radical (unpaired) electrons. The van der Waals surface area contributed by atoms with Gasteiger partial charge >= 0.3 is 0 Å². The van der Waals surface area contributed by atoms with Gasteiger partial charge in [-0.25, -0.2) is 0 Å². The van der Waals surface area contributed by atoms with Gasteiger partial charge in [-0.05, 0) is 52.9 Å². The normalized spacial score (nSPS) is 14.6. The maximum Gasteiger partial charge on any atom is 0.119 e. The molecule has 0 saturated heterocycles. The Hall–Kier alpha value is -1.36. The zero-order valence-corrected chi connectivity index (χ0v) is 13.0. The van der Waals surface area contributed by atoms with E-state index in [4.69, 9.17) is 10.5 Å². The average molecular weight is 302 g/mol. The number of rotatable bonds is 8. The molecule has 2 aromatic rings. The Morgan fingerprint density at radius 2 is 1.95 bits per heavy atom. The van der Waals surface area contributed by atoms with Crippen molar-refractivity contribution in [3.63, 3.8) is 0 Å². The van der Waals surface area contributed by atoms with Crippen LogP contribution in [0.3, 0.4) is 0 Å². The molecule has 3 nitrogen and oxygen atoms in total. The smallest absolute Gasteiger partial charge is 0.119 e. The van der Waals surface area contributed by atoms with Gasteiger partial charge in [0.2, 0.25) is 0 Å². The highest BCUT2D eigenvalue weighted by Gasteiger charge is 2.28. The topological polar surface area (TPSA) is 38.5 Å². The maximum absolute atomic E-state index is 5.85. The number of ether oxygens (including phenoxy) is 1. The number of nitrogens with two attached hydrogens (primary N) is 1. The molecule has 2 N–H and O–H groups in total. The summed E-state index contributed by atoms with van der Waals surface area (Å²) in [6, 6.07) is 11.0. The van der Waals surface area contributed by atoms with Crippen molar-refractivity contribution in [1.29, 1.82) is 0 Å². The van der Waals surface area contributed by atoms with E-state index in [1.165, 1.54) is 18.4 Å². The van der Waals surface area contributed by atoms with Gasteiger partial charge in [-0.15, -0.1) is 0 Å². The molecule has 0 atom stereocenters. The van der Waals surface area contributed by atoms with Crippen molar-refractivity contribution in [3.05, 3.63) is 52.2 Å². The van der Waals surface area contributed by atoms with Crippen molar-refractivity contribution in [1.82, 2.24) is 4.90 Å². The summed E-state index contributed by atoms with van der Waals surface area (Å²) in [6.45, 7) is 3.35. The monoisotopic (exact) mass is 302 g/mol. The molecule has 0 spiro atoms. The summed E-state index contributed by atoms with van der Waals surface area (Å²) in [4.78, 5) is 2.54. The van der Waals surface area contributed by atoms with Crippen LogP contribution in [0.15, 0.2) is 41.1 Å². The van der Waals surface area contributed by atoms with Crippen molar-refractivity contribution in [3.8, 4) is 5.75 Å². The van der Waals surface area contributed by atoms with Gasteiger partial charge in [0.1, 0.15) is 12.4 Å². The van der Waals surface area contributed by atoms with Crippen LogP contribution in [-0.2, 0) is 13.1 Å². The molecule has 0 aliphatic heterocycles. The third kappa shape index (κ3) is 4.30. The van der Waals surface area contributed by atoms with Crippen LogP contribution < -0.4 is 10.5 Å².